The van der Waals surface area contributed by atoms with Crippen molar-refractivity contribution in [3.05, 3.63) is 88.7 Å². The fourth-order valence-corrected chi connectivity index (χ4v) is 3.20. The summed E-state index contributed by atoms with van der Waals surface area (Å²) in [5, 5.41) is 1.26. The van der Waals surface area contributed by atoms with Gasteiger partial charge in [0, 0.05) is 33.9 Å². The lowest BCUT2D eigenvalue weighted by atomic mass is 9.96. The Labute approximate surface area is 159 Å². The molecule has 0 bridgehead atoms. The molecule has 27 heavy (non-hydrogen) atoms. The number of nitrogens with one attached hydrogen (secondary N) is 1. The van der Waals surface area contributed by atoms with Gasteiger partial charge in [0.15, 0.2) is 5.78 Å². The third kappa shape index (κ3) is 3.09. The van der Waals surface area contributed by atoms with Crippen molar-refractivity contribution in [2.75, 3.05) is 0 Å². The van der Waals surface area contributed by atoms with E-state index >= 15 is 0 Å². The van der Waals surface area contributed by atoms with E-state index in [1.165, 1.54) is 0 Å². The van der Waals surface area contributed by atoms with Crippen LogP contribution in [0.1, 0.15) is 26.3 Å². The first kappa shape index (κ1) is 17.0. The van der Waals surface area contributed by atoms with Crippen LogP contribution in [0, 0.1) is 0 Å². The van der Waals surface area contributed by atoms with Gasteiger partial charge in [-0.3, -0.25) is 9.59 Å². The van der Waals surface area contributed by atoms with E-state index in [2.05, 4.69) is 9.97 Å². The average molecular weight is 376 g/mol. The molecule has 0 saturated heterocycles. The number of carbonyl (C=O) groups excluding carboxylic acids is 2. The number of hydrogen-bond donors (Lipinski definition) is 2. The predicted molar refractivity (Wildman–Crippen MR) is 105 cm³/mol. The van der Waals surface area contributed by atoms with Crippen molar-refractivity contribution in [3.63, 3.8) is 0 Å². The van der Waals surface area contributed by atoms with Gasteiger partial charge >= 0.3 is 0 Å². The highest BCUT2D eigenvalue weighted by atomic mass is 35.5. The number of pyridine rings is 1. The molecule has 3 N–H and O–H groups in total. The molecule has 0 unspecified atom stereocenters. The summed E-state index contributed by atoms with van der Waals surface area (Å²) in [5.41, 5.74) is 8.99. The second-order valence-corrected chi connectivity index (χ2v) is 6.50. The second kappa shape index (κ2) is 6.70. The smallest absolute Gasteiger partial charge is 0.248 e. The summed E-state index contributed by atoms with van der Waals surface area (Å²) in [7, 11) is 0. The van der Waals surface area contributed by atoms with Gasteiger partial charge < -0.3 is 10.7 Å². The van der Waals surface area contributed by atoms with E-state index in [-0.39, 0.29) is 5.78 Å². The van der Waals surface area contributed by atoms with Crippen LogP contribution in [0.2, 0.25) is 5.02 Å². The van der Waals surface area contributed by atoms with Crippen LogP contribution in [0.4, 0.5) is 0 Å². The third-order valence-corrected chi connectivity index (χ3v) is 4.63. The average Bonchev–Trinajstić information content (AvgIpc) is 3.12. The summed E-state index contributed by atoms with van der Waals surface area (Å²) in [6, 6.07) is 15.5. The number of nitrogens with zero attached hydrogens (tertiary/aromatic N) is 1. The van der Waals surface area contributed by atoms with Crippen molar-refractivity contribution < 1.29 is 9.59 Å². The molecule has 5 nitrogen and oxygen atoms in total. The van der Waals surface area contributed by atoms with Gasteiger partial charge in [0.05, 0.1) is 5.56 Å². The number of aromatic nitrogens is 2. The minimum atomic E-state index is -0.506. The summed E-state index contributed by atoms with van der Waals surface area (Å²) in [6.45, 7) is 0. The lowest BCUT2D eigenvalue weighted by molar-refractivity contribution is 0.0998. The normalized spacial score (nSPS) is 10.9. The Morgan fingerprint density at radius 2 is 1.78 bits per heavy atom. The lowest BCUT2D eigenvalue weighted by Crippen LogP contribution is -2.10. The van der Waals surface area contributed by atoms with Crippen molar-refractivity contribution in [2.24, 2.45) is 5.73 Å². The first-order chi connectivity index (χ1) is 13.0. The highest BCUT2D eigenvalue weighted by Gasteiger charge is 2.18. The van der Waals surface area contributed by atoms with Gasteiger partial charge in [-0.15, -0.1) is 0 Å². The number of amides is 1. The number of aromatic amines is 1. The standard InChI is InChI=1S/C21H14ClN3O2/c22-15-6-4-12(5-7-15)19(26)17-11-25-21-18(17)16(8-9-24-21)13-2-1-3-14(10-13)20(23)27/h1-11H,(H2,23,27)(H,24,25). The molecule has 0 atom stereocenters. The van der Waals surface area contributed by atoms with Crippen LogP contribution in [-0.4, -0.2) is 21.7 Å². The number of ketones is 1. The van der Waals surface area contributed by atoms with Crippen LogP contribution >= 0.6 is 11.6 Å². The number of hydrogen-bond acceptors (Lipinski definition) is 3. The van der Waals surface area contributed by atoms with Crippen LogP contribution in [0.5, 0.6) is 0 Å². The first-order valence-electron chi connectivity index (χ1n) is 8.21. The summed E-state index contributed by atoms with van der Waals surface area (Å²) < 4.78 is 0. The summed E-state index contributed by atoms with van der Waals surface area (Å²) in [4.78, 5) is 31.9. The van der Waals surface area contributed by atoms with E-state index in [0.29, 0.717) is 32.7 Å². The van der Waals surface area contributed by atoms with E-state index in [1.54, 1.807) is 54.9 Å². The summed E-state index contributed by atoms with van der Waals surface area (Å²) in [5.74, 6) is -0.646. The minimum absolute atomic E-state index is 0.141. The lowest BCUT2D eigenvalue weighted by Gasteiger charge is -2.07. The number of H-pyrrole nitrogens is 1. The number of halogens is 1. The highest BCUT2D eigenvalue weighted by Crippen LogP contribution is 2.31. The SMILES string of the molecule is NC(=O)c1cccc(-c2ccnc3[nH]cc(C(=O)c4ccc(Cl)cc4)c23)c1. The number of fused-ring (bicyclic) bond motifs is 1. The molecule has 0 aliphatic carbocycles. The van der Waals surface area contributed by atoms with Gasteiger partial charge in [0.1, 0.15) is 5.65 Å². The molecular formula is C21H14ClN3O2. The van der Waals surface area contributed by atoms with Gasteiger partial charge in [0.2, 0.25) is 5.91 Å². The Morgan fingerprint density at radius 3 is 2.52 bits per heavy atom. The molecule has 1 amide bonds. The van der Waals surface area contributed by atoms with Crippen LogP contribution in [0.15, 0.2) is 67.0 Å². The van der Waals surface area contributed by atoms with Gasteiger partial charge in [-0.1, -0.05) is 23.7 Å². The molecule has 0 aliphatic rings. The second-order valence-electron chi connectivity index (χ2n) is 6.07. The maximum atomic E-state index is 13.0. The number of nitrogens with two attached hydrogens (primary N) is 1. The molecule has 4 aromatic rings. The molecule has 4 rings (SSSR count). The molecule has 0 radical (unpaired) electrons. The van der Waals surface area contributed by atoms with E-state index < -0.39 is 5.91 Å². The Bertz CT molecular complexity index is 1180. The third-order valence-electron chi connectivity index (χ3n) is 4.38. The molecule has 2 aromatic heterocycles. The monoisotopic (exact) mass is 375 g/mol. The zero-order chi connectivity index (χ0) is 19.0. The molecule has 0 spiro atoms. The zero-order valence-electron chi connectivity index (χ0n) is 14.1. The van der Waals surface area contributed by atoms with Gasteiger partial charge in [-0.25, -0.2) is 4.98 Å². The molecular weight excluding hydrogens is 362 g/mol. The number of carbonyl (C=O) groups is 2. The van der Waals surface area contributed by atoms with Crippen molar-refractivity contribution in [1.29, 1.82) is 0 Å². The number of rotatable bonds is 4. The molecule has 0 aliphatic heterocycles. The molecule has 0 saturated carbocycles. The van der Waals surface area contributed by atoms with Crippen LogP contribution in [-0.2, 0) is 0 Å². The molecule has 0 fully saturated rings. The predicted octanol–water partition coefficient (Wildman–Crippen LogP) is 4.21. The van der Waals surface area contributed by atoms with Gasteiger partial charge in [-0.2, -0.15) is 0 Å². The highest BCUT2D eigenvalue weighted by molar-refractivity contribution is 6.30. The minimum Gasteiger partial charge on any atom is -0.366 e. The van der Waals surface area contributed by atoms with Crippen molar-refractivity contribution in [3.8, 4) is 11.1 Å². The Kier molecular flexibility index (Phi) is 4.22. The van der Waals surface area contributed by atoms with Crippen molar-refractivity contribution in [1.82, 2.24) is 9.97 Å². The first-order valence-corrected chi connectivity index (χ1v) is 8.59. The van der Waals surface area contributed by atoms with Crippen molar-refractivity contribution >= 4 is 34.3 Å². The van der Waals surface area contributed by atoms with Crippen LogP contribution in [0.3, 0.4) is 0 Å². The van der Waals surface area contributed by atoms with E-state index in [4.69, 9.17) is 17.3 Å². The van der Waals surface area contributed by atoms with Crippen molar-refractivity contribution in [2.45, 2.75) is 0 Å². The molecule has 2 heterocycles. The van der Waals surface area contributed by atoms with Crippen LogP contribution in [0.25, 0.3) is 22.2 Å². The van der Waals surface area contributed by atoms with Gasteiger partial charge in [0.25, 0.3) is 0 Å². The Morgan fingerprint density at radius 1 is 1.00 bits per heavy atom. The quantitative estimate of drug-likeness (QED) is 0.523. The molecule has 132 valence electrons. The number of benzene rings is 2. The molecule has 2 aromatic carbocycles. The largest absolute Gasteiger partial charge is 0.366 e. The zero-order valence-corrected chi connectivity index (χ0v) is 14.8. The summed E-state index contributed by atoms with van der Waals surface area (Å²) in [6.07, 6.45) is 3.30. The van der Waals surface area contributed by atoms with Gasteiger partial charge in [-0.05, 0) is 53.6 Å². The topological polar surface area (TPSA) is 88.8 Å². The van der Waals surface area contributed by atoms with Crippen LogP contribution < -0.4 is 5.73 Å². The Balaban J connectivity index is 1.90. The van der Waals surface area contributed by atoms with E-state index in [1.807, 2.05) is 12.1 Å². The fraction of sp³-hybridized carbons (Fsp3) is 0. The Hall–Kier alpha value is -3.44. The maximum Gasteiger partial charge on any atom is 0.248 e. The summed E-state index contributed by atoms with van der Waals surface area (Å²) >= 11 is 5.92. The fourth-order valence-electron chi connectivity index (χ4n) is 3.07. The van der Waals surface area contributed by atoms with E-state index in [0.717, 1.165) is 11.1 Å². The van der Waals surface area contributed by atoms with E-state index in [9.17, 15) is 9.59 Å². The molecule has 6 heteroatoms. The maximum absolute atomic E-state index is 13.0. The number of primary amides is 1.